The van der Waals surface area contributed by atoms with Crippen molar-refractivity contribution in [1.29, 1.82) is 0 Å². The quantitative estimate of drug-likeness (QED) is 0.674. The molecule has 3 aromatic rings. The second-order valence-electron chi connectivity index (χ2n) is 6.78. The summed E-state index contributed by atoms with van der Waals surface area (Å²) in [5, 5.41) is 1.60. The van der Waals surface area contributed by atoms with Crippen molar-refractivity contribution in [1.82, 2.24) is 9.88 Å². The van der Waals surface area contributed by atoms with Crippen LogP contribution in [0.1, 0.15) is 22.2 Å². The zero-order valence-electron chi connectivity index (χ0n) is 16.2. The summed E-state index contributed by atoms with van der Waals surface area (Å²) >= 11 is 0. The van der Waals surface area contributed by atoms with E-state index in [0.717, 1.165) is 10.8 Å². The van der Waals surface area contributed by atoms with Gasteiger partial charge in [-0.2, -0.15) is 0 Å². The zero-order valence-corrected chi connectivity index (χ0v) is 16.2. The van der Waals surface area contributed by atoms with Gasteiger partial charge in [0, 0.05) is 23.7 Å². The van der Waals surface area contributed by atoms with Gasteiger partial charge in [-0.1, -0.05) is 0 Å². The van der Waals surface area contributed by atoms with Crippen LogP contribution in [-0.2, 0) is 4.74 Å². The maximum absolute atomic E-state index is 13.6. The molecule has 1 fully saturated rings. The predicted molar refractivity (Wildman–Crippen MR) is 106 cm³/mol. The Morgan fingerprint density at radius 3 is 2.72 bits per heavy atom. The number of pyridine rings is 1. The van der Waals surface area contributed by atoms with Crippen molar-refractivity contribution in [2.45, 2.75) is 6.10 Å². The molecule has 0 unspecified atom stereocenters. The van der Waals surface area contributed by atoms with Gasteiger partial charge in [0.25, 0.3) is 5.91 Å². The van der Waals surface area contributed by atoms with Crippen LogP contribution in [0.25, 0.3) is 10.8 Å². The highest BCUT2D eigenvalue weighted by Crippen LogP contribution is 2.29. The number of carbonyl (C=O) groups is 1. The van der Waals surface area contributed by atoms with Crippen molar-refractivity contribution < 1.29 is 23.4 Å². The summed E-state index contributed by atoms with van der Waals surface area (Å²) in [5.41, 5.74) is 1.18. The van der Waals surface area contributed by atoms with Crippen molar-refractivity contribution >= 4 is 16.7 Å². The molecule has 0 spiro atoms. The molecule has 1 aliphatic heterocycles. The molecule has 0 aliphatic carbocycles. The minimum absolute atomic E-state index is 0.119. The van der Waals surface area contributed by atoms with Crippen LogP contribution < -0.4 is 9.47 Å². The molecule has 2 heterocycles. The van der Waals surface area contributed by atoms with Crippen molar-refractivity contribution in [3.63, 3.8) is 0 Å². The van der Waals surface area contributed by atoms with E-state index in [0.29, 0.717) is 42.5 Å². The summed E-state index contributed by atoms with van der Waals surface area (Å²) in [6.07, 6.45) is 1.32. The highest BCUT2D eigenvalue weighted by atomic mass is 19.1. The number of fused-ring (bicyclic) bond motifs is 1. The lowest BCUT2D eigenvalue weighted by molar-refractivity contribution is -0.0246. The monoisotopic (exact) mass is 396 g/mol. The summed E-state index contributed by atoms with van der Waals surface area (Å²) in [4.78, 5) is 19.2. The fraction of sp³-hybridized carbons (Fsp3) is 0.273. The van der Waals surface area contributed by atoms with E-state index in [-0.39, 0.29) is 17.8 Å². The van der Waals surface area contributed by atoms with Crippen LogP contribution in [-0.4, -0.2) is 49.7 Å². The minimum atomic E-state index is -0.375. The lowest BCUT2D eigenvalue weighted by Gasteiger charge is -2.33. The van der Waals surface area contributed by atoms with E-state index in [1.807, 2.05) is 6.07 Å². The van der Waals surface area contributed by atoms with E-state index >= 15 is 0 Å². The van der Waals surface area contributed by atoms with Gasteiger partial charge in [-0.25, -0.2) is 4.39 Å². The summed E-state index contributed by atoms with van der Waals surface area (Å²) in [6, 6.07) is 11.5. The Hall–Kier alpha value is -3.19. The molecule has 6 nitrogen and oxygen atoms in total. The first-order valence-electron chi connectivity index (χ1n) is 9.27. The molecule has 0 saturated carbocycles. The van der Waals surface area contributed by atoms with Crippen LogP contribution >= 0.6 is 0 Å². The smallest absolute Gasteiger partial charge is 0.254 e. The molecule has 0 N–H and O–H groups in total. The van der Waals surface area contributed by atoms with Crippen LogP contribution in [0.4, 0.5) is 4.39 Å². The average Bonchev–Trinajstić information content (AvgIpc) is 2.77. The second-order valence-corrected chi connectivity index (χ2v) is 6.78. The van der Waals surface area contributed by atoms with E-state index in [4.69, 9.17) is 14.2 Å². The Kier molecular flexibility index (Phi) is 5.31. The van der Waals surface area contributed by atoms with Crippen LogP contribution in [0.15, 0.2) is 48.7 Å². The molecule has 2 aromatic carbocycles. The molecular formula is C22H21FN2O4. The van der Waals surface area contributed by atoms with E-state index in [1.165, 1.54) is 19.2 Å². The van der Waals surface area contributed by atoms with Gasteiger partial charge < -0.3 is 19.1 Å². The van der Waals surface area contributed by atoms with E-state index in [9.17, 15) is 9.18 Å². The normalized spacial score (nSPS) is 16.7. The van der Waals surface area contributed by atoms with E-state index < -0.39 is 0 Å². The van der Waals surface area contributed by atoms with Gasteiger partial charge in [0.15, 0.2) is 11.5 Å². The molecule has 1 amide bonds. The van der Waals surface area contributed by atoms with Crippen molar-refractivity contribution in [2.24, 2.45) is 0 Å². The lowest BCUT2D eigenvalue weighted by atomic mass is 10.1. The maximum Gasteiger partial charge on any atom is 0.254 e. The van der Waals surface area contributed by atoms with Gasteiger partial charge in [-0.15, -0.1) is 0 Å². The number of hydrogen-bond donors (Lipinski definition) is 0. The molecule has 1 aromatic heterocycles. The Morgan fingerprint density at radius 2 is 1.93 bits per heavy atom. The number of aromatic nitrogens is 1. The van der Waals surface area contributed by atoms with Gasteiger partial charge in [-0.3, -0.25) is 9.78 Å². The molecule has 0 radical (unpaired) electrons. The van der Waals surface area contributed by atoms with E-state index in [2.05, 4.69) is 4.98 Å². The van der Waals surface area contributed by atoms with Crippen LogP contribution in [0.5, 0.6) is 11.5 Å². The topological polar surface area (TPSA) is 60.9 Å². The first-order valence-corrected chi connectivity index (χ1v) is 9.27. The highest BCUT2D eigenvalue weighted by molar-refractivity contribution is 5.95. The van der Waals surface area contributed by atoms with Crippen molar-refractivity contribution in [2.75, 3.05) is 33.9 Å². The number of carbonyl (C=O) groups excluding carboxylic acids is 1. The molecule has 4 rings (SSSR count). The fourth-order valence-electron chi connectivity index (χ4n) is 3.47. The number of hydrogen-bond acceptors (Lipinski definition) is 5. The summed E-state index contributed by atoms with van der Waals surface area (Å²) in [5.74, 6) is 0.647. The van der Waals surface area contributed by atoms with Crippen molar-refractivity contribution in [3.8, 4) is 11.5 Å². The lowest BCUT2D eigenvalue weighted by Crippen LogP contribution is -2.42. The van der Waals surface area contributed by atoms with Crippen LogP contribution in [0.2, 0.25) is 0 Å². The van der Waals surface area contributed by atoms with Gasteiger partial charge in [0.1, 0.15) is 11.9 Å². The first-order chi connectivity index (χ1) is 14.1. The number of ether oxygens (including phenoxy) is 3. The second kappa shape index (κ2) is 8.05. The minimum Gasteiger partial charge on any atom is -0.493 e. The molecule has 1 saturated heterocycles. The molecule has 150 valence electrons. The summed E-state index contributed by atoms with van der Waals surface area (Å²) in [7, 11) is 3.08. The standard InChI is InChI=1S/C22H21FN2O4/c1-27-19-6-4-14(11-20(19)28-2)22(26)25-7-8-29-21(13-25)18-10-16-9-17(23)5-3-15(16)12-24-18/h3-6,9-12,21H,7-8,13H2,1-2H3/t21-/m1/s1. The third-order valence-electron chi connectivity index (χ3n) is 5.02. The number of benzene rings is 2. The largest absolute Gasteiger partial charge is 0.493 e. The predicted octanol–water partition coefficient (Wildman–Crippen LogP) is 3.60. The number of methoxy groups -OCH3 is 2. The maximum atomic E-state index is 13.6. The molecule has 7 heteroatoms. The number of rotatable bonds is 4. The molecule has 29 heavy (non-hydrogen) atoms. The summed E-state index contributed by atoms with van der Waals surface area (Å²) in [6.45, 7) is 1.24. The third kappa shape index (κ3) is 3.86. The molecule has 1 aliphatic rings. The number of halogens is 1. The first kappa shape index (κ1) is 19.1. The average molecular weight is 396 g/mol. The van der Waals surface area contributed by atoms with Gasteiger partial charge in [0.2, 0.25) is 0 Å². The Bertz CT molecular complexity index is 1060. The van der Waals surface area contributed by atoms with Crippen LogP contribution in [0.3, 0.4) is 0 Å². The van der Waals surface area contributed by atoms with Gasteiger partial charge in [-0.05, 0) is 47.9 Å². The summed E-state index contributed by atoms with van der Waals surface area (Å²) < 4.78 is 29.9. The third-order valence-corrected chi connectivity index (χ3v) is 5.02. The van der Waals surface area contributed by atoms with E-state index in [1.54, 1.807) is 42.5 Å². The Morgan fingerprint density at radius 1 is 1.10 bits per heavy atom. The number of morpholine rings is 1. The molecule has 0 bridgehead atoms. The van der Waals surface area contributed by atoms with Gasteiger partial charge in [0.05, 0.1) is 33.1 Å². The van der Waals surface area contributed by atoms with Crippen LogP contribution in [0, 0.1) is 5.82 Å². The zero-order chi connectivity index (χ0) is 20.4. The number of amides is 1. The highest BCUT2D eigenvalue weighted by Gasteiger charge is 2.27. The SMILES string of the molecule is COc1ccc(C(=O)N2CCO[C@@H](c3cc4cc(F)ccc4cn3)C2)cc1OC. The molecule has 1 atom stereocenters. The van der Waals surface area contributed by atoms with Gasteiger partial charge >= 0.3 is 0 Å². The number of nitrogens with zero attached hydrogens (tertiary/aromatic N) is 2. The Labute approximate surface area is 167 Å². The Balaban J connectivity index is 1.56. The fourth-order valence-corrected chi connectivity index (χ4v) is 3.47. The molecular weight excluding hydrogens is 375 g/mol. The van der Waals surface area contributed by atoms with Crippen molar-refractivity contribution in [3.05, 3.63) is 65.7 Å².